The second kappa shape index (κ2) is 10.9. The zero-order valence-corrected chi connectivity index (χ0v) is 19.7. The second-order valence-corrected chi connectivity index (χ2v) is 8.35. The van der Waals surface area contributed by atoms with E-state index in [2.05, 4.69) is 47.7 Å². The first-order valence-corrected chi connectivity index (χ1v) is 10.9. The van der Waals surface area contributed by atoms with E-state index in [1.807, 2.05) is 37.3 Å². The van der Waals surface area contributed by atoms with Crippen LogP contribution in [0.2, 0.25) is 0 Å². The highest BCUT2D eigenvalue weighted by Gasteiger charge is 2.15. The number of esters is 1. The van der Waals surface area contributed by atoms with Crippen molar-refractivity contribution in [2.45, 2.75) is 6.92 Å². The fraction of sp³-hybridized carbons (Fsp3) is 0.0870. The number of rotatable bonds is 7. The van der Waals surface area contributed by atoms with Gasteiger partial charge in [-0.25, -0.2) is 10.2 Å². The summed E-state index contributed by atoms with van der Waals surface area (Å²) in [5.41, 5.74) is 5.35. The van der Waals surface area contributed by atoms with Crippen LogP contribution < -0.4 is 15.5 Å². The number of hydrazone groups is 1. The minimum Gasteiger partial charge on any atom is -0.421 e. The molecule has 2 N–H and O–H groups in total. The number of benzene rings is 3. The van der Waals surface area contributed by atoms with Gasteiger partial charge in [0.25, 0.3) is 5.91 Å². The van der Waals surface area contributed by atoms with E-state index in [9.17, 15) is 9.59 Å². The number of hydrogen-bond donors (Lipinski definition) is 2. The van der Waals surface area contributed by atoms with Gasteiger partial charge >= 0.3 is 5.97 Å². The molecule has 31 heavy (non-hydrogen) atoms. The average molecular weight is 545 g/mol. The maximum absolute atomic E-state index is 12.5. The van der Waals surface area contributed by atoms with E-state index in [1.165, 1.54) is 6.21 Å². The number of nitrogens with one attached hydrogen (secondary N) is 2. The second-order valence-electron chi connectivity index (χ2n) is 6.58. The molecule has 0 spiro atoms. The zero-order valence-electron chi connectivity index (χ0n) is 16.6. The summed E-state index contributed by atoms with van der Waals surface area (Å²) in [6.07, 6.45) is 1.42. The Morgan fingerprint density at radius 1 is 1.03 bits per heavy atom. The molecule has 0 saturated carbocycles. The van der Waals surface area contributed by atoms with E-state index in [0.29, 0.717) is 21.3 Å². The molecule has 158 valence electrons. The van der Waals surface area contributed by atoms with Crippen LogP contribution >= 0.6 is 31.9 Å². The van der Waals surface area contributed by atoms with Crippen molar-refractivity contribution in [3.8, 4) is 5.75 Å². The predicted octanol–water partition coefficient (Wildman–Crippen LogP) is 5.30. The number of anilines is 1. The normalized spacial score (nSPS) is 10.7. The van der Waals surface area contributed by atoms with E-state index in [-0.39, 0.29) is 12.5 Å². The van der Waals surface area contributed by atoms with Gasteiger partial charge in [-0.15, -0.1) is 0 Å². The quantitative estimate of drug-likeness (QED) is 0.183. The Labute approximate surface area is 197 Å². The molecule has 0 aliphatic rings. The standard InChI is InChI=1S/C23H19Br2N3O3/c1-15-6-5-9-19(10-15)26-14-21(29)28-27-13-17-11-18(24)12-20(25)22(17)31-23(30)16-7-3-2-4-8-16/h2-13,26H,14H2,1H3,(H,28,29). The van der Waals surface area contributed by atoms with Gasteiger partial charge in [0.05, 0.1) is 22.8 Å². The molecule has 3 rings (SSSR count). The molecular formula is C23H19Br2N3O3. The highest BCUT2D eigenvalue weighted by molar-refractivity contribution is 9.11. The molecule has 0 aliphatic carbocycles. The third-order valence-electron chi connectivity index (χ3n) is 4.11. The van der Waals surface area contributed by atoms with Gasteiger partial charge in [0.1, 0.15) is 0 Å². The number of carbonyl (C=O) groups is 2. The zero-order chi connectivity index (χ0) is 22.2. The lowest BCUT2D eigenvalue weighted by atomic mass is 10.2. The number of carbonyl (C=O) groups excluding carboxylic acids is 2. The molecule has 0 heterocycles. The Balaban J connectivity index is 1.66. The molecule has 0 bridgehead atoms. The van der Waals surface area contributed by atoms with Crippen LogP contribution in [0.25, 0.3) is 0 Å². The van der Waals surface area contributed by atoms with E-state index in [4.69, 9.17) is 4.74 Å². The molecule has 0 unspecified atom stereocenters. The fourth-order valence-corrected chi connectivity index (χ4v) is 4.00. The number of halogens is 2. The molecular weight excluding hydrogens is 526 g/mol. The topological polar surface area (TPSA) is 79.8 Å². The lowest BCUT2D eigenvalue weighted by molar-refractivity contribution is -0.119. The summed E-state index contributed by atoms with van der Waals surface area (Å²) in [6, 6.07) is 19.9. The average Bonchev–Trinajstić information content (AvgIpc) is 2.75. The molecule has 0 aliphatic heterocycles. The molecule has 3 aromatic carbocycles. The van der Waals surface area contributed by atoms with Crippen LogP contribution in [-0.4, -0.2) is 24.6 Å². The SMILES string of the molecule is Cc1cccc(NCC(=O)NN=Cc2cc(Br)cc(Br)c2OC(=O)c2ccccc2)c1. The summed E-state index contributed by atoms with van der Waals surface area (Å²) in [5.74, 6) is -0.507. The van der Waals surface area contributed by atoms with Crippen molar-refractivity contribution in [3.63, 3.8) is 0 Å². The molecule has 1 amide bonds. The Kier molecular flexibility index (Phi) is 7.97. The van der Waals surface area contributed by atoms with Gasteiger partial charge in [0.15, 0.2) is 5.75 Å². The van der Waals surface area contributed by atoms with Crippen molar-refractivity contribution in [1.82, 2.24) is 5.43 Å². The molecule has 0 atom stereocenters. The monoisotopic (exact) mass is 543 g/mol. The maximum atomic E-state index is 12.5. The minimum atomic E-state index is -0.496. The van der Waals surface area contributed by atoms with Crippen molar-refractivity contribution in [2.75, 3.05) is 11.9 Å². The largest absolute Gasteiger partial charge is 0.421 e. The molecule has 6 nitrogen and oxygen atoms in total. The maximum Gasteiger partial charge on any atom is 0.343 e. The fourth-order valence-electron chi connectivity index (χ4n) is 2.66. The first-order chi connectivity index (χ1) is 14.9. The first kappa shape index (κ1) is 22.7. The summed E-state index contributed by atoms with van der Waals surface area (Å²) < 4.78 is 6.90. The Hall–Kier alpha value is -2.97. The van der Waals surface area contributed by atoms with E-state index < -0.39 is 5.97 Å². The number of nitrogens with zero attached hydrogens (tertiary/aromatic N) is 1. The van der Waals surface area contributed by atoms with Crippen molar-refractivity contribution in [3.05, 3.63) is 92.4 Å². The van der Waals surface area contributed by atoms with Crippen LogP contribution in [0.1, 0.15) is 21.5 Å². The summed E-state index contributed by atoms with van der Waals surface area (Å²) in [4.78, 5) is 24.5. The summed E-state index contributed by atoms with van der Waals surface area (Å²) in [6.45, 7) is 2.05. The van der Waals surface area contributed by atoms with Gasteiger partial charge in [0.2, 0.25) is 0 Å². The molecule has 0 saturated heterocycles. The molecule has 0 fully saturated rings. The lowest BCUT2D eigenvalue weighted by Crippen LogP contribution is -2.25. The number of hydrogen-bond acceptors (Lipinski definition) is 5. The molecule has 0 aromatic heterocycles. The van der Waals surface area contributed by atoms with Crippen LogP contribution in [-0.2, 0) is 4.79 Å². The van der Waals surface area contributed by atoms with E-state index in [0.717, 1.165) is 15.7 Å². The molecule has 8 heteroatoms. The predicted molar refractivity (Wildman–Crippen MR) is 129 cm³/mol. The molecule has 3 aromatic rings. The third-order valence-corrected chi connectivity index (χ3v) is 5.15. The molecule has 0 radical (unpaired) electrons. The summed E-state index contributed by atoms with van der Waals surface area (Å²) in [5, 5.41) is 7.03. The number of ether oxygens (including phenoxy) is 1. The number of aryl methyl sites for hydroxylation is 1. The van der Waals surface area contributed by atoms with Crippen molar-refractivity contribution in [2.24, 2.45) is 5.10 Å². The Morgan fingerprint density at radius 3 is 2.55 bits per heavy atom. The van der Waals surface area contributed by atoms with Gasteiger partial charge in [-0.3, -0.25) is 4.79 Å². The first-order valence-electron chi connectivity index (χ1n) is 9.31. The van der Waals surface area contributed by atoms with Gasteiger partial charge in [-0.2, -0.15) is 5.10 Å². The summed E-state index contributed by atoms with van der Waals surface area (Å²) in [7, 11) is 0. The van der Waals surface area contributed by atoms with Crippen molar-refractivity contribution >= 4 is 55.6 Å². The third kappa shape index (κ3) is 6.77. The van der Waals surface area contributed by atoms with E-state index in [1.54, 1.807) is 36.4 Å². The lowest BCUT2D eigenvalue weighted by Gasteiger charge is -2.10. The van der Waals surface area contributed by atoms with Gasteiger partial charge in [0, 0.05) is 15.7 Å². The van der Waals surface area contributed by atoms with Gasteiger partial charge < -0.3 is 10.1 Å². The van der Waals surface area contributed by atoms with Crippen molar-refractivity contribution in [1.29, 1.82) is 0 Å². The smallest absolute Gasteiger partial charge is 0.343 e. The highest BCUT2D eigenvalue weighted by atomic mass is 79.9. The van der Waals surface area contributed by atoms with Gasteiger partial charge in [-0.05, 0) is 64.8 Å². The highest BCUT2D eigenvalue weighted by Crippen LogP contribution is 2.32. The van der Waals surface area contributed by atoms with Gasteiger partial charge in [-0.1, -0.05) is 46.3 Å². The Bertz CT molecular complexity index is 1120. The van der Waals surface area contributed by atoms with Crippen LogP contribution in [0.4, 0.5) is 5.69 Å². The van der Waals surface area contributed by atoms with Crippen LogP contribution in [0, 0.1) is 6.92 Å². The van der Waals surface area contributed by atoms with Crippen LogP contribution in [0.15, 0.2) is 80.8 Å². The Morgan fingerprint density at radius 2 is 1.81 bits per heavy atom. The summed E-state index contributed by atoms with van der Waals surface area (Å²) >= 11 is 6.82. The van der Waals surface area contributed by atoms with E-state index >= 15 is 0 Å². The van der Waals surface area contributed by atoms with Crippen LogP contribution in [0.5, 0.6) is 5.75 Å². The number of amides is 1. The van der Waals surface area contributed by atoms with Crippen molar-refractivity contribution < 1.29 is 14.3 Å². The minimum absolute atomic E-state index is 0.0683. The van der Waals surface area contributed by atoms with Crippen LogP contribution in [0.3, 0.4) is 0 Å².